The monoisotopic (exact) mass is 362 g/mol. The summed E-state index contributed by atoms with van der Waals surface area (Å²) >= 11 is 0. The van der Waals surface area contributed by atoms with E-state index in [-0.39, 0.29) is 0 Å². The lowest BCUT2D eigenvalue weighted by Gasteiger charge is -2.35. The van der Waals surface area contributed by atoms with Crippen LogP contribution in [0.3, 0.4) is 0 Å². The molecular formula is C21H22N4O2. The second kappa shape index (κ2) is 6.37. The summed E-state index contributed by atoms with van der Waals surface area (Å²) in [6.45, 7) is 0. The van der Waals surface area contributed by atoms with Crippen molar-refractivity contribution < 1.29 is 9.47 Å². The predicted octanol–water partition coefficient (Wildman–Crippen LogP) is 3.85. The zero-order valence-electron chi connectivity index (χ0n) is 15.5. The normalized spacial score (nSPS) is 21.3. The Balaban J connectivity index is 1.72. The van der Waals surface area contributed by atoms with Crippen LogP contribution >= 0.6 is 0 Å². The van der Waals surface area contributed by atoms with Gasteiger partial charge in [-0.15, -0.1) is 0 Å². The summed E-state index contributed by atoms with van der Waals surface area (Å²) in [5.41, 5.74) is 6.25. The summed E-state index contributed by atoms with van der Waals surface area (Å²) < 4.78 is 11.2. The first-order chi connectivity index (χ1) is 13.3. The minimum Gasteiger partial charge on any atom is -0.493 e. The van der Waals surface area contributed by atoms with Gasteiger partial charge in [-0.25, -0.2) is 0 Å². The molecule has 3 aromatic rings. The lowest BCUT2D eigenvalue weighted by molar-refractivity contribution is 0.349. The molecule has 138 valence electrons. The first-order valence-corrected chi connectivity index (χ1v) is 9.43. The lowest BCUT2D eigenvalue weighted by Crippen LogP contribution is -2.29. The van der Waals surface area contributed by atoms with Crippen LogP contribution in [0.2, 0.25) is 0 Å². The molecule has 6 heteroatoms. The van der Waals surface area contributed by atoms with Crippen LogP contribution in [0.4, 0.5) is 0 Å². The fourth-order valence-electron chi connectivity index (χ4n) is 4.49. The molecule has 2 atom stereocenters. The van der Waals surface area contributed by atoms with E-state index in [2.05, 4.69) is 39.7 Å². The number of H-pyrrole nitrogens is 1. The highest BCUT2D eigenvalue weighted by molar-refractivity contribution is 6.16. The van der Waals surface area contributed by atoms with Gasteiger partial charge >= 0.3 is 0 Å². The minimum absolute atomic E-state index is 0.326. The number of aliphatic imine (C=N–C) groups is 1. The van der Waals surface area contributed by atoms with Crippen molar-refractivity contribution in [1.29, 1.82) is 0 Å². The molecule has 1 aliphatic carbocycles. The molecule has 0 bridgehead atoms. The summed E-state index contributed by atoms with van der Waals surface area (Å²) in [7, 11) is 3.37. The van der Waals surface area contributed by atoms with Gasteiger partial charge < -0.3 is 9.47 Å². The third kappa shape index (κ3) is 2.59. The maximum Gasteiger partial charge on any atom is 0.161 e. The molecule has 1 aliphatic heterocycles. The highest BCUT2D eigenvalue weighted by atomic mass is 16.5. The molecule has 0 radical (unpaired) electrons. The maximum absolute atomic E-state index is 5.58. The number of aromatic nitrogens is 3. The van der Waals surface area contributed by atoms with Gasteiger partial charge in [0.1, 0.15) is 11.0 Å². The van der Waals surface area contributed by atoms with E-state index in [4.69, 9.17) is 14.5 Å². The van der Waals surface area contributed by atoms with Gasteiger partial charge in [0, 0.05) is 17.0 Å². The maximum atomic E-state index is 5.58. The molecule has 27 heavy (non-hydrogen) atoms. The molecule has 0 amide bonds. The highest BCUT2D eigenvalue weighted by Gasteiger charge is 2.34. The number of nitrogens with one attached hydrogen (secondary N) is 1. The Bertz CT molecular complexity index is 1040. The average molecular weight is 362 g/mol. The van der Waals surface area contributed by atoms with Crippen molar-refractivity contribution in [3.63, 3.8) is 0 Å². The second-order valence-electron chi connectivity index (χ2n) is 7.26. The van der Waals surface area contributed by atoms with Crippen LogP contribution in [0.1, 0.15) is 48.3 Å². The van der Waals surface area contributed by atoms with Gasteiger partial charge in [-0.2, -0.15) is 15.4 Å². The molecule has 6 nitrogen and oxygen atoms in total. The fraction of sp³-hybridized carbons (Fsp3) is 0.381. The predicted molar refractivity (Wildman–Crippen MR) is 104 cm³/mol. The quantitative estimate of drug-likeness (QED) is 0.768. The van der Waals surface area contributed by atoms with Crippen molar-refractivity contribution in [1.82, 2.24) is 15.4 Å². The van der Waals surface area contributed by atoms with Crippen LogP contribution in [0, 0.1) is 0 Å². The smallest absolute Gasteiger partial charge is 0.161 e. The van der Waals surface area contributed by atoms with Gasteiger partial charge in [0.2, 0.25) is 0 Å². The lowest BCUT2D eigenvalue weighted by atomic mass is 9.75. The number of benzene rings is 2. The van der Waals surface area contributed by atoms with E-state index < -0.39 is 0 Å². The largest absolute Gasteiger partial charge is 0.493 e. The Morgan fingerprint density at radius 3 is 2.56 bits per heavy atom. The minimum atomic E-state index is 0.326. The number of hydrogen-bond acceptors (Lipinski definition) is 5. The number of hydrogen-bond donors (Lipinski definition) is 1. The van der Waals surface area contributed by atoms with E-state index in [1.807, 2.05) is 6.07 Å². The van der Waals surface area contributed by atoms with Crippen LogP contribution in [0.15, 0.2) is 35.3 Å². The number of ether oxygens (including phenoxy) is 2. The van der Waals surface area contributed by atoms with E-state index in [0.29, 0.717) is 12.0 Å². The van der Waals surface area contributed by atoms with Crippen LogP contribution in [-0.4, -0.2) is 41.4 Å². The molecule has 1 N–H and O–H groups in total. The van der Waals surface area contributed by atoms with Crippen molar-refractivity contribution in [2.75, 3.05) is 14.2 Å². The fourth-order valence-corrected chi connectivity index (χ4v) is 4.49. The third-order valence-corrected chi connectivity index (χ3v) is 5.82. The van der Waals surface area contributed by atoms with E-state index in [1.165, 1.54) is 24.8 Å². The summed E-state index contributed by atoms with van der Waals surface area (Å²) in [4.78, 5) is 5.20. The third-order valence-electron chi connectivity index (χ3n) is 5.82. The Morgan fingerprint density at radius 1 is 0.926 bits per heavy atom. The van der Waals surface area contributed by atoms with Gasteiger partial charge in [-0.05, 0) is 42.7 Å². The van der Waals surface area contributed by atoms with Crippen molar-refractivity contribution >= 4 is 16.7 Å². The van der Waals surface area contributed by atoms with Crippen molar-refractivity contribution in [3.8, 4) is 11.5 Å². The standard InChI is InChI=1S/C21H22N4O2/c1-26-19-10-14-13-5-3-4-6-16(13)22-21(15(14)11-20(19)27-2)12-7-8-17-18(9-12)24-25-23-17/h7-11,13,16H,3-6H2,1-2H3,(H,23,24,25)/t13-,16-/m1/s1. The van der Waals surface area contributed by atoms with Crippen LogP contribution in [0.5, 0.6) is 11.5 Å². The van der Waals surface area contributed by atoms with Crippen molar-refractivity contribution in [2.45, 2.75) is 37.6 Å². The topological polar surface area (TPSA) is 72.4 Å². The molecule has 2 aromatic carbocycles. The molecule has 0 spiro atoms. The molecule has 5 rings (SSSR count). The zero-order valence-corrected chi connectivity index (χ0v) is 15.5. The van der Waals surface area contributed by atoms with Crippen LogP contribution in [0.25, 0.3) is 11.0 Å². The van der Waals surface area contributed by atoms with E-state index in [9.17, 15) is 0 Å². The molecule has 0 unspecified atom stereocenters. The molecule has 2 heterocycles. The van der Waals surface area contributed by atoms with Gasteiger partial charge in [0.05, 0.1) is 26.0 Å². The highest BCUT2D eigenvalue weighted by Crippen LogP contribution is 2.44. The Morgan fingerprint density at radius 2 is 1.70 bits per heavy atom. The SMILES string of the molecule is COc1cc2c(cc1OC)[C@H]1CCCC[C@H]1N=C2c1ccc2n[nH]nc2c1. The summed E-state index contributed by atoms with van der Waals surface area (Å²) in [6, 6.07) is 10.7. The van der Waals surface area contributed by atoms with Crippen LogP contribution in [-0.2, 0) is 0 Å². The number of methoxy groups -OCH3 is 2. The Kier molecular flexibility index (Phi) is 3.85. The molecular weight excluding hydrogens is 340 g/mol. The number of fused-ring (bicyclic) bond motifs is 4. The zero-order chi connectivity index (χ0) is 18.4. The van der Waals surface area contributed by atoms with E-state index in [1.54, 1.807) is 14.2 Å². The van der Waals surface area contributed by atoms with Crippen molar-refractivity contribution in [3.05, 3.63) is 47.0 Å². The van der Waals surface area contributed by atoms with Gasteiger partial charge in [0.15, 0.2) is 11.5 Å². The van der Waals surface area contributed by atoms with Crippen LogP contribution < -0.4 is 9.47 Å². The van der Waals surface area contributed by atoms with E-state index in [0.717, 1.165) is 45.8 Å². The summed E-state index contributed by atoms with van der Waals surface area (Å²) in [6.07, 6.45) is 4.80. The van der Waals surface area contributed by atoms with Gasteiger partial charge in [0.25, 0.3) is 0 Å². The Labute approximate surface area is 157 Å². The number of aromatic amines is 1. The number of nitrogens with zero attached hydrogens (tertiary/aromatic N) is 3. The molecule has 0 saturated heterocycles. The molecule has 1 saturated carbocycles. The average Bonchev–Trinajstić information content (AvgIpc) is 3.20. The first-order valence-electron chi connectivity index (χ1n) is 9.43. The second-order valence-corrected chi connectivity index (χ2v) is 7.26. The summed E-state index contributed by atoms with van der Waals surface area (Å²) in [5.74, 6) is 1.97. The molecule has 1 aromatic heterocycles. The van der Waals surface area contributed by atoms with Crippen molar-refractivity contribution in [2.24, 2.45) is 4.99 Å². The molecule has 2 aliphatic rings. The first kappa shape index (κ1) is 16.3. The van der Waals surface area contributed by atoms with Gasteiger partial charge in [-0.1, -0.05) is 18.9 Å². The van der Waals surface area contributed by atoms with Gasteiger partial charge in [-0.3, -0.25) is 4.99 Å². The van der Waals surface area contributed by atoms with E-state index >= 15 is 0 Å². The number of rotatable bonds is 3. The molecule has 1 fully saturated rings. The summed E-state index contributed by atoms with van der Waals surface area (Å²) in [5, 5.41) is 11.1. The Hall–Kier alpha value is -2.89.